The van der Waals surface area contributed by atoms with Crippen LogP contribution >= 0.6 is 0 Å². The highest BCUT2D eigenvalue weighted by molar-refractivity contribution is 5.85. The normalized spacial score (nSPS) is 14.8. The highest BCUT2D eigenvalue weighted by Gasteiger charge is 2.20. The molecule has 0 N–H and O–H groups in total. The fourth-order valence-electron chi connectivity index (χ4n) is 4.23. The number of piperazine rings is 1. The van der Waals surface area contributed by atoms with Crippen LogP contribution in [0.2, 0.25) is 0 Å². The minimum Gasteiger partial charge on any atom is -0.484 e. The van der Waals surface area contributed by atoms with Crippen molar-refractivity contribution in [2.75, 3.05) is 39.8 Å². The van der Waals surface area contributed by atoms with Gasteiger partial charge in [0.1, 0.15) is 11.6 Å². The molecule has 0 saturated carbocycles. The molecule has 1 aromatic heterocycles. The van der Waals surface area contributed by atoms with E-state index in [0.29, 0.717) is 29.9 Å². The highest BCUT2D eigenvalue weighted by Crippen LogP contribution is 2.28. The number of amides is 1. The number of carbonyl (C=O) groups excluding carboxylic acids is 1. The van der Waals surface area contributed by atoms with Crippen molar-refractivity contribution in [2.24, 2.45) is 0 Å². The molecule has 1 amide bonds. The summed E-state index contributed by atoms with van der Waals surface area (Å²) < 4.78 is 21.2. The predicted molar refractivity (Wildman–Crippen MR) is 127 cm³/mol. The minimum atomic E-state index is -0.338. The lowest BCUT2D eigenvalue weighted by Crippen LogP contribution is -2.48. The van der Waals surface area contributed by atoms with E-state index in [4.69, 9.17) is 4.74 Å². The SMILES string of the molecule is CC(C)c1cc(=O)n(Cc2cccc(F)c2)c2cc(OCC(=O)N3CCN(C)CC3)ccc12. The van der Waals surface area contributed by atoms with Crippen molar-refractivity contribution in [2.45, 2.75) is 26.3 Å². The standard InChI is InChI=1S/C26H30FN3O3/c1-18(2)23-15-25(31)30(16-19-5-4-6-20(27)13-19)24-14-21(7-8-22(23)24)33-17-26(32)29-11-9-28(3)10-12-29/h4-8,13-15,18H,9-12,16-17H2,1-3H3. The maximum absolute atomic E-state index is 13.7. The second-order valence-electron chi connectivity index (χ2n) is 8.96. The fraction of sp³-hybridized carbons (Fsp3) is 0.385. The van der Waals surface area contributed by atoms with Crippen LogP contribution in [-0.4, -0.2) is 60.1 Å². The zero-order chi connectivity index (χ0) is 23.5. The van der Waals surface area contributed by atoms with Gasteiger partial charge in [0.25, 0.3) is 11.5 Å². The number of aromatic nitrogens is 1. The van der Waals surface area contributed by atoms with Gasteiger partial charge in [-0.3, -0.25) is 9.59 Å². The minimum absolute atomic E-state index is 0.0451. The predicted octanol–water partition coefficient (Wildman–Crippen LogP) is 3.47. The van der Waals surface area contributed by atoms with Crippen LogP contribution in [0.15, 0.2) is 53.3 Å². The number of hydrogen-bond acceptors (Lipinski definition) is 4. The Hall–Kier alpha value is -3.19. The van der Waals surface area contributed by atoms with E-state index in [2.05, 4.69) is 4.90 Å². The molecule has 6 nitrogen and oxygen atoms in total. The molecule has 7 heteroatoms. The monoisotopic (exact) mass is 451 g/mol. The van der Waals surface area contributed by atoms with E-state index in [-0.39, 0.29) is 36.4 Å². The summed E-state index contributed by atoms with van der Waals surface area (Å²) in [6.07, 6.45) is 0. The second kappa shape index (κ2) is 9.75. The molecule has 3 aromatic rings. The van der Waals surface area contributed by atoms with Crippen molar-refractivity contribution in [3.63, 3.8) is 0 Å². The van der Waals surface area contributed by atoms with Crippen molar-refractivity contribution in [1.82, 2.24) is 14.4 Å². The molecule has 2 heterocycles. The van der Waals surface area contributed by atoms with Crippen LogP contribution in [0.1, 0.15) is 30.9 Å². The van der Waals surface area contributed by atoms with Crippen LogP contribution in [0.4, 0.5) is 4.39 Å². The van der Waals surface area contributed by atoms with Crippen molar-refractivity contribution in [3.05, 3.63) is 75.8 Å². The van der Waals surface area contributed by atoms with Crippen LogP contribution in [-0.2, 0) is 11.3 Å². The lowest BCUT2D eigenvalue weighted by Gasteiger charge is -2.32. The van der Waals surface area contributed by atoms with Crippen LogP contribution in [0.3, 0.4) is 0 Å². The molecular weight excluding hydrogens is 421 g/mol. The smallest absolute Gasteiger partial charge is 0.260 e. The van der Waals surface area contributed by atoms with Gasteiger partial charge in [0.05, 0.1) is 12.1 Å². The molecule has 1 saturated heterocycles. The first-order chi connectivity index (χ1) is 15.8. The Bertz CT molecular complexity index is 1210. The van der Waals surface area contributed by atoms with Crippen LogP contribution in [0, 0.1) is 5.82 Å². The summed E-state index contributed by atoms with van der Waals surface area (Å²) in [5.41, 5.74) is 2.21. The third-order valence-electron chi connectivity index (χ3n) is 6.19. The molecule has 0 spiro atoms. The molecular formula is C26H30FN3O3. The topological polar surface area (TPSA) is 54.8 Å². The Balaban J connectivity index is 1.64. The number of fused-ring (bicyclic) bond motifs is 1. The number of nitrogens with zero attached hydrogens (tertiary/aromatic N) is 3. The molecule has 1 aliphatic rings. The summed E-state index contributed by atoms with van der Waals surface area (Å²) in [4.78, 5) is 29.6. The molecule has 1 aliphatic heterocycles. The van der Waals surface area contributed by atoms with Gasteiger partial charge in [0, 0.05) is 43.7 Å². The summed E-state index contributed by atoms with van der Waals surface area (Å²) in [6.45, 7) is 7.39. The molecule has 33 heavy (non-hydrogen) atoms. The van der Waals surface area contributed by atoms with Gasteiger partial charge in [-0.15, -0.1) is 0 Å². The lowest BCUT2D eigenvalue weighted by molar-refractivity contribution is -0.134. The van der Waals surface area contributed by atoms with E-state index in [1.165, 1.54) is 12.1 Å². The molecule has 2 aromatic carbocycles. The fourth-order valence-corrected chi connectivity index (χ4v) is 4.23. The molecule has 0 atom stereocenters. The van der Waals surface area contributed by atoms with E-state index in [9.17, 15) is 14.0 Å². The Labute approximate surface area is 193 Å². The number of benzene rings is 2. The van der Waals surface area contributed by atoms with E-state index >= 15 is 0 Å². The maximum Gasteiger partial charge on any atom is 0.260 e. The van der Waals surface area contributed by atoms with Gasteiger partial charge in [-0.2, -0.15) is 0 Å². The molecule has 0 bridgehead atoms. The van der Waals surface area contributed by atoms with Crippen molar-refractivity contribution in [1.29, 1.82) is 0 Å². The molecule has 174 valence electrons. The zero-order valence-electron chi connectivity index (χ0n) is 19.4. The molecule has 0 unspecified atom stereocenters. The Morgan fingerprint density at radius 2 is 1.82 bits per heavy atom. The van der Waals surface area contributed by atoms with Crippen LogP contribution < -0.4 is 10.3 Å². The third-order valence-corrected chi connectivity index (χ3v) is 6.19. The van der Waals surface area contributed by atoms with Crippen molar-refractivity contribution in [3.8, 4) is 5.75 Å². The number of likely N-dealkylation sites (N-methyl/N-ethyl adjacent to an activating group) is 1. The molecule has 1 fully saturated rings. The summed E-state index contributed by atoms with van der Waals surface area (Å²) in [5.74, 6) is 0.305. The van der Waals surface area contributed by atoms with Crippen molar-refractivity contribution >= 4 is 16.8 Å². The number of pyridine rings is 1. The molecule has 4 rings (SSSR count). The number of halogens is 1. The van der Waals surface area contributed by atoms with E-state index in [1.807, 2.05) is 37.9 Å². The number of hydrogen-bond donors (Lipinski definition) is 0. The number of ether oxygens (including phenoxy) is 1. The molecule has 0 radical (unpaired) electrons. The van der Waals surface area contributed by atoms with Gasteiger partial charge in [-0.25, -0.2) is 4.39 Å². The van der Waals surface area contributed by atoms with Gasteiger partial charge in [-0.05, 0) is 48.4 Å². The zero-order valence-corrected chi connectivity index (χ0v) is 19.4. The Kier molecular flexibility index (Phi) is 6.79. The average Bonchev–Trinajstić information content (AvgIpc) is 2.79. The first-order valence-corrected chi connectivity index (χ1v) is 11.3. The van der Waals surface area contributed by atoms with Gasteiger partial charge in [0.15, 0.2) is 6.61 Å². The second-order valence-corrected chi connectivity index (χ2v) is 8.96. The van der Waals surface area contributed by atoms with Gasteiger partial charge in [0.2, 0.25) is 0 Å². The van der Waals surface area contributed by atoms with Crippen LogP contribution in [0.5, 0.6) is 5.75 Å². The van der Waals surface area contributed by atoms with Gasteiger partial charge >= 0.3 is 0 Å². The van der Waals surface area contributed by atoms with Gasteiger partial charge < -0.3 is 19.1 Å². The van der Waals surface area contributed by atoms with E-state index in [1.54, 1.807) is 28.8 Å². The first kappa shape index (κ1) is 23.0. The maximum atomic E-state index is 13.7. The van der Waals surface area contributed by atoms with Gasteiger partial charge in [-0.1, -0.05) is 26.0 Å². The van der Waals surface area contributed by atoms with E-state index < -0.39 is 0 Å². The van der Waals surface area contributed by atoms with E-state index in [0.717, 1.165) is 24.0 Å². The van der Waals surface area contributed by atoms with Crippen LogP contribution in [0.25, 0.3) is 10.9 Å². The molecule has 0 aliphatic carbocycles. The largest absolute Gasteiger partial charge is 0.484 e. The first-order valence-electron chi connectivity index (χ1n) is 11.3. The summed E-state index contributed by atoms with van der Waals surface area (Å²) in [6, 6.07) is 13.5. The summed E-state index contributed by atoms with van der Waals surface area (Å²) in [5, 5.41) is 0.943. The number of rotatable bonds is 6. The number of carbonyl (C=O) groups is 1. The Morgan fingerprint density at radius 3 is 2.52 bits per heavy atom. The summed E-state index contributed by atoms with van der Waals surface area (Å²) >= 11 is 0. The lowest BCUT2D eigenvalue weighted by atomic mass is 9.98. The Morgan fingerprint density at radius 1 is 1.06 bits per heavy atom. The average molecular weight is 452 g/mol. The quantitative estimate of drug-likeness (QED) is 0.576. The van der Waals surface area contributed by atoms with Crippen molar-refractivity contribution < 1.29 is 13.9 Å². The third kappa shape index (κ3) is 5.25. The highest BCUT2D eigenvalue weighted by atomic mass is 19.1. The summed E-state index contributed by atoms with van der Waals surface area (Å²) in [7, 11) is 2.04.